The van der Waals surface area contributed by atoms with E-state index >= 15 is 0 Å². The molecule has 0 N–H and O–H groups in total. The van der Waals surface area contributed by atoms with E-state index in [4.69, 9.17) is 0 Å². The molecule has 3 aromatic heterocycles. The van der Waals surface area contributed by atoms with Crippen molar-refractivity contribution >= 4 is 130 Å². The molecule has 3 heteroatoms. The Morgan fingerprint density at radius 2 is 0.455 bits per heavy atom. The van der Waals surface area contributed by atoms with E-state index in [1.165, 1.54) is 247 Å². The maximum absolute atomic E-state index is 2.57. The summed E-state index contributed by atoms with van der Waals surface area (Å²) < 4.78 is 7.56. The average Bonchev–Trinajstić information content (AvgIpc) is 1.58. The lowest BCUT2D eigenvalue weighted by atomic mass is 9.68. The summed E-state index contributed by atoms with van der Waals surface area (Å²) in [5.41, 5.74) is 35.5. The van der Waals surface area contributed by atoms with Crippen molar-refractivity contribution in [1.82, 2.24) is 13.7 Å². The Labute approximate surface area is 715 Å². The van der Waals surface area contributed by atoms with E-state index in [1.807, 2.05) is 0 Å². The summed E-state index contributed by atoms with van der Waals surface area (Å²) in [6, 6.07) is 142. The molecular weight excluding hydrogens is 1480 g/mol. The van der Waals surface area contributed by atoms with Gasteiger partial charge in [-0.15, -0.1) is 0 Å². The molecule has 23 aromatic rings. The SMILES string of the molecule is CC1(C)c2ccccc2-c2c3c1cccc3cc1c2c2ccc3ccccc3c2n1-c1ccc(-c2ccccc2)cc1.CC1(C)c2ccccc2-c2c3c1cccc3cc1c2c2ccc3ccccc3c2n1-c1ccccc1.CC1(C)c2ccccc2-c2ccc(-n3c4cc5cccc6c5c(c4c4ccc5ccccc5c43)-c3ccccc3C6(C)C)cc21. The molecule has 123 heavy (non-hydrogen) atoms. The van der Waals surface area contributed by atoms with Gasteiger partial charge in [0.15, 0.2) is 0 Å². The molecule has 582 valence electrons. The first-order chi connectivity index (χ1) is 60.1. The second-order valence-electron chi connectivity index (χ2n) is 36.9. The van der Waals surface area contributed by atoms with Gasteiger partial charge in [-0.25, -0.2) is 0 Å². The Morgan fingerprint density at radius 3 is 0.862 bits per heavy atom. The van der Waals surface area contributed by atoms with Crippen molar-refractivity contribution in [1.29, 1.82) is 0 Å². The van der Waals surface area contributed by atoms with Crippen LogP contribution in [0.15, 0.2) is 382 Å². The summed E-state index contributed by atoms with van der Waals surface area (Å²) in [5.74, 6) is 0. The molecule has 0 aliphatic heterocycles. The summed E-state index contributed by atoms with van der Waals surface area (Å²) >= 11 is 0. The standard InChI is InChI=1S/C44H33N.C41H29N.C35H25N/c1-43(2)35-18-10-8-16-32(35)41-39-27(13-11-19-36(39)43)24-38-40(41)33-22-20-26-12-5-6-14-29(26)42(33)45(38)28-21-23-31-30-15-7-9-17-34(30)44(3,4)37(31)25-28;1-41(2)34-17-9-8-16-32(34)39-37-29(14-10-18-35(37)41)25-36-38(39)33-24-21-28-13-6-7-15-31(28)40(33)42(36)30-22-19-27(20-23-30)26-11-4-3-5-12-26;1-35(2)28-17-9-8-16-26(28)33-31-23(12-10-18-29(31)35)21-30-32(33)27-20-19-22-11-6-7-15-25(22)34(27)36(30)24-13-4-3-5-14-24/h5-25H,1-4H3;3-25H,1-2H3;3-21H,1-2H3. The van der Waals surface area contributed by atoms with Gasteiger partial charge in [-0.1, -0.05) is 383 Å². The van der Waals surface area contributed by atoms with Gasteiger partial charge in [-0.05, 0) is 187 Å². The Balaban J connectivity index is 0.000000102. The van der Waals surface area contributed by atoms with Gasteiger partial charge in [0, 0.05) is 104 Å². The van der Waals surface area contributed by atoms with Crippen LogP contribution in [0, 0.1) is 0 Å². The number of rotatable bonds is 4. The molecule has 3 heterocycles. The van der Waals surface area contributed by atoms with Crippen LogP contribution in [-0.2, 0) is 21.7 Å². The number of hydrogen-bond donors (Lipinski definition) is 0. The minimum absolute atomic E-state index is 0.0543. The zero-order valence-electron chi connectivity index (χ0n) is 70.2. The monoisotopic (exact) mass is 1570 g/mol. The summed E-state index contributed by atoms with van der Waals surface area (Å²) in [4.78, 5) is 0. The van der Waals surface area contributed by atoms with Crippen molar-refractivity contribution in [2.75, 3.05) is 0 Å². The third kappa shape index (κ3) is 9.93. The van der Waals surface area contributed by atoms with Gasteiger partial charge in [-0.2, -0.15) is 0 Å². The molecule has 0 unspecified atom stereocenters. The molecule has 4 aliphatic carbocycles. The van der Waals surface area contributed by atoms with Crippen LogP contribution in [0.2, 0.25) is 0 Å². The van der Waals surface area contributed by atoms with Crippen LogP contribution in [0.3, 0.4) is 0 Å². The van der Waals surface area contributed by atoms with E-state index in [-0.39, 0.29) is 21.7 Å². The van der Waals surface area contributed by atoms with Gasteiger partial charge < -0.3 is 13.7 Å². The van der Waals surface area contributed by atoms with Gasteiger partial charge in [0.25, 0.3) is 0 Å². The van der Waals surface area contributed by atoms with E-state index in [0.29, 0.717) is 0 Å². The number of benzene rings is 20. The van der Waals surface area contributed by atoms with Crippen molar-refractivity contribution < 1.29 is 0 Å². The van der Waals surface area contributed by atoms with Crippen molar-refractivity contribution in [3.8, 4) is 72.7 Å². The summed E-state index contributed by atoms with van der Waals surface area (Å²) in [6.45, 7) is 19.0. The van der Waals surface area contributed by atoms with Crippen LogP contribution in [0.5, 0.6) is 0 Å². The smallest absolute Gasteiger partial charge is 0.0619 e. The highest BCUT2D eigenvalue weighted by Crippen LogP contribution is 2.59. The molecule has 0 fully saturated rings. The molecule has 0 saturated heterocycles. The number of para-hydroxylation sites is 1. The molecule has 27 rings (SSSR count). The molecule has 3 nitrogen and oxygen atoms in total. The maximum atomic E-state index is 2.57. The van der Waals surface area contributed by atoms with Crippen molar-refractivity contribution in [3.63, 3.8) is 0 Å². The second kappa shape index (κ2) is 25.9. The Morgan fingerprint density at radius 1 is 0.171 bits per heavy atom. The number of fused-ring (bicyclic) bond motifs is 27. The van der Waals surface area contributed by atoms with Crippen molar-refractivity contribution in [2.24, 2.45) is 0 Å². The minimum Gasteiger partial charge on any atom is -0.309 e. The van der Waals surface area contributed by atoms with Gasteiger partial charge in [-0.3, -0.25) is 0 Å². The molecule has 0 saturated carbocycles. The fourth-order valence-electron chi connectivity index (χ4n) is 23.3. The Kier molecular flexibility index (Phi) is 15.0. The Hall–Kier alpha value is -14.6. The zero-order valence-corrected chi connectivity index (χ0v) is 70.2. The molecule has 0 spiro atoms. The summed E-state index contributed by atoms with van der Waals surface area (Å²) in [6.07, 6.45) is 0. The molecule has 0 amide bonds. The number of aromatic nitrogens is 3. The fraction of sp³-hybridized carbons (Fsp3) is 0.100. The van der Waals surface area contributed by atoms with Crippen LogP contribution in [0.1, 0.15) is 99.9 Å². The lowest BCUT2D eigenvalue weighted by molar-refractivity contribution is 0.645. The van der Waals surface area contributed by atoms with Crippen LogP contribution in [0.25, 0.3) is 203 Å². The molecule has 20 aromatic carbocycles. The van der Waals surface area contributed by atoms with Crippen LogP contribution in [-0.4, -0.2) is 13.7 Å². The normalized spacial score (nSPS) is 14.4. The predicted molar refractivity (Wildman–Crippen MR) is 523 cm³/mol. The Bertz CT molecular complexity index is 8530. The number of hydrogen-bond acceptors (Lipinski definition) is 0. The van der Waals surface area contributed by atoms with Gasteiger partial charge in [0.1, 0.15) is 0 Å². The first-order valence-corrected chi connectivity index (χ1v) is 43.6. The van der Waals surface area contributed by atoms with E-state index < -0.39 is 0 Å². The predicted octanol–water partition coefficient (Wildman–Crippen LogP) is 32.2. The number of nitrogens with zero attached hydrogens (tertiary/aromatic N) is 3. The third-order valence-electron chi connectivity index (χ3n) is 29.0. The topological polar surface area (TPSA) is 14.8 Å². The van der Waals surface area contributed by atoms with E-state index in [1.54, 1.807) is 0 Å². The largest absolute Gasteiger partial charge is 0.309 e. The van der Waals surface area contributed by atoms with E-state index in [0.717, 1.165) is 0 Å². The molecule has 0 radical (unpaired) electrons. The van der Waals surface area contributed by atoms with E-state index in [2.05, 4.69) is 451 Å². The third-order valence-corrected chi connectivity index (χ3v) is 29.0. The van der Waals surface area contributed by atoms with Crippen molar-refractivity contribution in [2.45, 2.75) is 77.0 Å². The van der Waals surface area contributed by atoms with Gasteiger partial charge >= 0.3 is 0 Å². The molecule has 0 bridgehead atoms. The first kappa shape index (κ1) is 71.3. The highest BCUT2D eigenvalue weighted by Gasteiger charge is 2.41. The highest BCUT2D eigenvalue weighted by atomic mass is 15.0. The average molecular weight is 1570 g/mol. The zero-order chi connectivity index (χ0) is 82.3. The van der Waals surface area contributed by atoms with E-state index in [9.17, 15) is 0 Å². The van der Waals surface area contributed by atoms with Gasteiger partial charge in [0.2, 0.25) is 0 Å². The summed E-state index contributed by atoms with van der Waals surface area (Å²) in [7, 11) is 0. The maximum Gasteiger partial charge on any atom is 0.0619 e. The summed E-state index contributed by atoms with van der Waals surface area (Å²) in [5, 5.41) is 23.7. The highest BCUT2D eigenvalue weighted by molar-refractivity contribution is 6.32. The quantitative estimate of drug-likeness (QED) is 0.167. The van der Waals surface area contributed by atoms with Crippen LogP contribution >= 0.6 is 0 Å². The molecule has 0 atom stereocenters. The first-order valence-electron chi connectivity index (χ1n) is 43.6. The van der Waals surface area contributed by atoms with Gasteiger partial charge in [0.05, 0.1) is 33.1 Å². The van der Waals surface area contributed by atoms with Crippen LogP contribution < -0.4 is 0 Å². The lowest BCUT2D eigenvalue weighted by Gasteiger charge is -2.35. The molecular formula is C120H87N3. The fourth-order valence-corrected chi connectivity index (χ4v) is 23.3. The molecule has 4 aliphatic rings. The second-order valence-corrected chi connectivity index (χ2v) is 36.9. The minimum atomic E-state index is -0.0809. The van der Waals surface area contributed by atoms with Crippen LogP contribution in [0.4, 0.5) is 0 Å². The van der Waals surface area contributed by atoms with Crippen molar-refractivity contribution in [3.05, 3.63) is 427 Å². The lowest BCUT2D eigenvalue weighted by Crippen LogP contribution is -2.23.